The van der Waals surface area contributed by atoms with E-state index in [2.05, 4.69) is 25.8 Å². The molecule has 0 N–H and O–H groups in total. The molecule has 0 spiro atoms. The molecule has 3 aromatic rings. The zero-order chi connectivity index (χ0) is 23.1. The van der Waals surface area contributed by atoms with E-state index in [9.17, 15) is 4.39 Å². The Kier molecular flexibility index (Phi) is 5.79. The number of hydrogen-bond donors (Lipinski definition) is 0. The SMILES string of the molecule is Fc1ccc(Cl)cc1C1=NCC=C1c1ccc2ncc(N3CCC(N4CCCC4)CC3)cc2n1. The topological polar surface area (TPSA) is 44.6 Å². The molecule has 0 saturated carbocycles. The number of aliphatic imine (C=N–C) groups is 1. The van der Waals surface area contributed by atoms with Crippen molar-refractivity contribution >= 4 is 39.6 Å². The molecule has 2 fully saturated rings. The van der Waals surface area contributed by atoms with Crippen LogP contribution in [-0.4, -0.2) is 59.3 Å². The van der Waals surface area contributed by atoms with Gasteiger partial charge in [-0.05, 0) is 75.2 Å². The molecule has 7 heteroatoms. The standard InChI is InChI=1S/C27H27ClFN5/c28-18-3-4-23(29)22(15-18)27-21(7-10-30-27)24-5-6-25-26(32-24)16-20(17-31-25)34-13-8-19(9-14-34)33-11-1-2-12-33/h3-7,15-17,19H,1-2,8-14H2. The van der Waals surface area contributed by atoms with E-state index in [1.807, 2.05) is 24.4 Å². The molecule has 6 rings (SSSR count). The maximum Gasteiger partial charge on any atom is 0.132 e. The van der Waals surface area contributed by atoms with E-state index < -0.39 is 0 Å². The Morgan fingerprint density at radius 1 is 0.941 bits per heavy atom. The summed E-state index contributed by atoms with van der Waals surface area (Å²) in [6.07, 6.45) is 9.03. The number of rotatable bonds is 4. The van der Waals surface area contributed by atoms with Crippen LogP contribution in [0.2, 0.25) is 5.02 Å². The molecule has 5 nitrogen and oxygen atoms in total. The number of hydrogen-bond acceptors (Lipinski definition) is 5. The molecule has 5 heterocycles. The summed E-state index contributed by atoms with van der Waals surface area (Å²) < 4.78 is 14.5. The van der Waals surface area contributed by atoms with Crippen LogP contribution in [0.4, 0.5) is 10.1 Å². The zero-order valence-electron chi connectivity index (χ0n) is 19.1. The predicted octanol–water partition coefficient (Wildman–Crippen LogP) is 5.37. The third-order valence-electron chi connectivity index (χ3n) is 7.27. The number of aromatic nitrogens is 2. The Morgan fingerprint density at radius 3 is 2.59 bits per heavy atom. The number of nitrogens with zero attached hydrogens (tertiary/aromatic N) is 5. The molecule has 0 atom stereocenters. The van der Waals surface area contributed by atoms with E-state index in [4.69, 9.17) is 16.6 Å². The lowest BCUT2D eigenvalue weighted by Crippen LogP contribution is -2.43. The van der Waals surface area contributed by atoms with Crippen LogP contribution in [0.5, 0.6) is 0 Å². The van der Waals surface area contributed by atoms with Crippen molar-refractivity contribution in [2.45, 2.75) is 31.7 Å². The highest BCUT2D eigenvalue weighted by atomic mass is 35.5. The van der Waals surface area contributed by atoms with Gasteiger partial charge in [0.2, 0.25) is 0 Å². The molecule has 0 amide bonds. The first-order valence-electron chi connectivity index (χ1n) is 12.1. The van der Waals surface area contributed by atoms with Crippen molar-refractivity contribution in [3.8, 4) is 0 Å². The zero-order valence-corrected chi connectivity index (χ0v) is 19.8. The van der Waals surface area contributed by atoms with Crippen LogP contribution < -0.4 is 4.90 Å². The minimum atomic E-state index is -0.335. The third kappa shape index (κ3) is 4.10. The van der Waals surface area contributed by atoms with Crippen LogP contribution in [0.15, 0.2) is 53.7 Å². The van der Waals surface area contributed by atoms with Gasteiger partial charge in [-0.25, -0.2) is 9.37 Å². The Balaban J connectivity index is 1.25. The molecular formula is C27H27ClFN5. The van der Waals surface area contributed by atoms with E-state index in [0.29, 0.717) is 22.8 Å². The molecule has 1 aromatic carbocycles. The lowest BCUT2D eigenvalue weighted by molar-refractivity contribution is 0.208. The first-order valence-corrected chi connectivity index (χ1v) is 12.5. The summed E-state index contributed by atoms with van der Waals surface area (Å²) in [4.78, 5) is 19.2. The largest absolute Gasteiger partial charge is 0.370 e. The quantitative estimate of drug-likeness (QED) is 0.508. The third-order valence-corrected chi connectivity index (χ3v) is 7.50. The number of likely N-dealkylation sites (tertiary alicyclic amines) is 1. The van der Waals surface area contributed by atoms with Gasteiger partial charge in [-0.2, -0.15) is 0 Å². The molecule has 174 valence electrons. The Labute approximate surface area is 204 Å². The molecule has 0 unspecified atom stereocenters. The number of fused-ring (bicyclic) bond motifs is 1. The smallest absolute Gasteiger partial charge is 0.132 e. The van der Waals surface area contributed by atoms with Crippen molar-refractivity contribution in [3.05, 3.63) is 70.8 Å². The monoisotopic (exact) mass is 475 g/mol. The van der Waals surface area contributed by atoms with Crippen molar-refractivity contribution in [2.75, 3.05) is 37.6 Å². The lowest BCUT2D eigenvalue weighted by Gasteiger charge is -2.37. The van der Waals surface area contributed by atoms with E-state index in [0.717, 1.165) is 47.1 Å². The normalized spacial score (nSPS) is 19.6. The average molecular weight is 476 g/mol. The summed E-state index contributed by atoms with van der Waals surface area (Å²) in [6.45, 7) is 5.11. The highest BCUT2D eigenvalue weighted by Crippen LogP contribution is 2.30. The van der Waals surface area contributed by atoms with Gasteiger partial charge >= 0.3 is 0 Å². The van der Waals surface area contributed by atoms with Gasteiger partial charge in [-0.3, -0.25) is 9.98 Å². The second-order valence-corrected chi connectivity index (χ2v) is 9.76. The molecule has 2 aromatic heterocycles. The van der Waals surface area contributed by atoms with Gasteiger partial charge in [0.1, 0.15) is 5.82 Å². The maximum atomic E-state index is 14.5. The summed E-state index contributed by atoms with van der Waals surface area (Å²) in [5.74, 6) is -0.335. The number of allylic oxidation sites excluding steroid dienone is 1. The fourth-order valence-corrected chi connectivity index (χ4v) is 5.63. The molecule has 3 aliphatic heterocycles. The maximum absolute atomic E-state index is 14.5. The first kappa shape index (κ1) is 21.7. The van der Waals surface area contributed by atoms with Gasteiger partial charge in [0.05, 0.1) is 40.9 Å². The molecule has 34 heavy (non-hydrogen) atoms. The second-order valence-electron chi connectivity index (χ2n) is 9.32. The molecular weight excluding hydrogens is 449 g/mol. The number of anilines is 1. The minimum absolute atomic E-state index is 0.335. The van der Waals surface area contributed by atoms with Crippen molar-refractivity contribution in [2.24, 2.45) is 4.99 Å². The minimum Gasteiger partial charge on any atom is -0.370 e. The van der Waals surface area contributed by atoms with Crippen LogP contribution in [0.25, 0.3) is 16.6 Å². The fourth-order valence-electron chi connectivity index (χ4n) is 5.46. The average Bonchev–Trinajstić information content (AvgIpc) is 3.58. The van der Waals surface area contributed by atoms with Gasteiger partial charge in [0, 0.05) is 35.3 Å². The number of pyridine rings is 2. The molecule has 3 aliphatic rings. The highest BCUT2D eigenvalue weighted by Gasteiger charge is 2.27. The van der Waals surface area contributed by atoms with Crippen LogP contribution in [0, 0.1) is 5.82 Å². The lowest BCUT2D eigenvalue weighted by atomic mass is 9.99. The highest BCUT2D eigenvalue weighted by molar-refractivity contribution is 6.35. The summed E-state index contributed by atoms with van der Waals surface area (Å²) >= 11 is 6.13. The van der Waals surface area contributed by atoms with Crippen molar-refractivity contribution in [1.29, 1.82) is 0 Å². The van der Waals surface area contributed by atoms with Gasteiger partial charge in [0.15, 0.2) is 0 Å². The first-order chi connectivity index (χ1) is 16.7. The Morgan fingerprint density at radius 2 is 1.76 bits per heavy atom. The van der Waals surface area contributed by atoms with E-state index in [1.54, 1.807) is 12.1 Å². The van der Waals surface area contributed by atoms with Gasteiger partial charge in [0.25, 0.3) is 0 Å². The Bertz CT molecular complexity index is 1290. The van der Waals surface area contributed by atoms with Crippen LogP contribution in [0.1, 0.15) is 36.9 Å². The van der Waals surface area contributed by atoms with Gasteiger partial charge in [-0.1, -0.05) is 17.7 Å². The summed E-state index contributed by atoms with van der Waals surface area (Å²) in [5.41, 5.74) is 5.42. The molecule has 0 aliphatic carbocycles. The number of benzene rings is 1. The Hall–Kier alpha value is -2.83. The van der Waals surface area contributed by atoms with E-state index >= 15 is 0 Å². The second kappa shape index (κ2) is 9.08. The van der Waals surface area contributed by atoms with Crippen molar-refractivity contribution in [1.82, 2.24) is 14.9 Å². The van der Waals surface area contributed by atoms with Crippen LogP contribution >= 0.6 is 11.6 Å². The fraction of sp³-hybridized carbons (Fsp3) is 0.370. The van der Waals surface area contributed by atoms with E-state index in [1.165, 1.54) is 44.8 Å². The summed E-state index contributed by atoms with van der Waals surface area (Å²) in [5, 5.41) is 0.485. The summed E-state index contributed by atoms with van der Waals surface area (Å²) in [6, 6.07) is 11.3. The van der Waals surface area contributed by atoms with Gasteiger partial charge < -0.3 is 9.80 Å². The van der Waals surface area contributed by atoms with Crippen LogP contribution in [-0.2, 0) is 0 Å². The summed E-state index contributed by atoms with van der Waals surface area (Å²) in [7, 11) is 0. The number of halogens is 2. The van der Waals surface area contributed by atoms with E-state index in [-0.39, 0.29) is 5.82 Å². The molecule has 0 radical (unpaired) electrons. The molecule has 0 bridgehead atoms. The van der Waals surface area contributed by atoms with Crippen molar-refractivity contribution < 1.29 is 4.39 Å². The van der Waals surface area contributed by atoms with Crippen LogP contribution in [0.3, 0.4) is 0 Å². The molecule has 2 saturated heterocycles. The predicted molar refractivity (Wildman–Crippen MR) is 136 cm³/mol. The van der Waals surface area contributed by atoms with Gasteiger partial charge in [-0.15, -0.1) is 0 Å². The number of piperidine rings is 1. The van der Waals surface area contributed by atoms with Crippen molar-refractivity contribution in [3.63, 3.8) is 0 Å².